The van der Waals surface area contributed by atoms with E-state index in [2.05, 4.69) is 39.9 Å². The number of carboxylic acid groups (broad SMARTS) is 1. The summed E-state index contributed by atoms with van der Waals surface area (Å²) in [7, 11) is 2.03. The molecule has 4 nitrogen and oxygen atoms in total. The zero-order chi connectivity index (χ0) is 19.0. The number of aryl methyl sites for hydroxylation is 1. The number of halogens is 1. The van der Waals surface area contributed by atoms with Crippen LogP contribution in [0.2, 0.25) is 5.02 Å². The molecule has 2 aromatic carbocycles. The van der Waals surface area contributed by atoms with Gasteiger partial charge in [-0.15, -0.1) is 0 Å². The van der Waals surface area contributed by atoms with Gasteiger partial charge in [-0.3, -0.25) is 4.98 Å². The van der Waals surface area contributed by atoms with E-state index in [1.54, 1.807) is 0 Å². The van der Waals surface area contributed by atoms with Gasteiger partial charge in [0.05, 0.1) is 21.8 Å². The van der Waals surface area contributed by atoms with Gasteiger partial charge in [0, 0.05) is 36.8 Å². The molecule has 0 spiro atoms. The van der Waals surface area contributed by atoms with Crippen molar-refractivity contribution in [3.8, 4) is 11.1 Å². The van der Waals surface area contributed by atoms with Crippen molar-refractivity contribution in [2.45, 2.75) is 6.42 Å². The molecule has 1 N–H and O–H groups in total. The first-order chi connectivity index (χ1) is 13.0. The van der Waals surface area contributed by atoms with Crippen molar-refractivity contribution in [3.05, 3.63) is 88.8 Å². The van der Waals surface area contributed by atoms with E-state index in [4.69, 9.17) is 11.6 Å². The van der Waals surface area contributed by atoms with Crippen LogP contribution in [0.4, 0.5) is 0 Å². The molecule has 0 saturated carbocycles. The normalized spacial score (nSPS) is 11.0. The molecule has 0 aliphatic rings. The first kappa shape index (κ1) is 17.3. The zero-order valence-electron chi connectivity index (χ0n) is 14.7. The minimum Gasteiger partial charge on any atom is -0.478 e. The van der Waals surface area contributed by atoms with Crippen LogP contribution in [0.3, 0.4) is 0 Å². The molecule has 0 amide bonds. The minimum atomic E-state index is -1.02. The van der Waals surface area contributed by atoms with Gasteiger partial charge in [0.25, 0.3) is 0 Å². The van der Waals surface area contributed by atoms with E-state index in [9.17, 15) is 9.90 Å². The molecule has 0 aliphatic heterocycles. The SMILES string of the molecule is Cn1ccc2cc(Cc3ncc(Cl)cc3C(=O)O)cc(-c3ccccc3)c21. The Morgan fingerprint density at radius 3 is 2.67 bits per heavy atom. The van der Waals surface area contributed by atoms with Crippen LogP contribution < -0.4 is 0 Å². The van der Waals surface area contributed by atoms with Gasteiger partial charge >= 0.3 is 5.97 Å². The Morgan fingerprint density at radius 2 is 1.93 bits per heavy atom. The number of pyridine rings is 1. The minimum absolute atomic E-state index is 0.136. The Balaban J connectivity index is 1.86. The number of carbonyl (C=O) groups is 1. The highest BCUT2D eigenvalue weighted by Gasteiger charge is 2.15. The Hall–Kier alpha value is -3.11. The summed E-state index contributed by atoms with van der Waals surface area (Å²) in [5, 5.41) is 10.9. The maximum Gasteiger partial charge on any atom is 0.337 e. The first-order valence-corrected chi connectivity index (χ1v) is 8.92. The third-order valence-corrected chi connectivity index (χ3v) is 4.86. The van der Waals surface area contributed by atoms with Crippen molar-refractivity contribution in [1.29, 1.82) is 0 Å². The molecular formula is C22H17ClN2O2. The van der Waals surface area contributed by atoms with E-state index in [0.717, 1.165) is 27.6 Å². The number of aromatic carboxylic acids is 1. The van der Waals surface area contributed by atoms with Crippen molar-refractivity contribution in [2.75, 3.05) is 0 Å². The molecule has 5 heteroatoms. The van der Waals surface area contributed by atoms with E-state index in [0.29, 0.717) is 17.1 Å². The molecule has 0 atom stereocenters. The van der Waals surface area contributed by atoms with Crippen LogP contribution in [-0.4, -0.2) is 20.6 Å². The smallest absolute Gasteiger partial charge is 0.337 e. The molecule has 0 radical (unpaired) electrons. The van der Waals surface area contributed by atoms with E-state index in [-0.39, 0.29) is 5.56 Å². The molecule has 0 fully saturated rings. The van der Waals surface area contributed by atoms with E-state index >= 15 is 0 Å². The summed E-state index contributed by atoms with van der Waals surface area (Å²) in [6.07, 6.45) is 3.94. The summed E-state index contributed by atoms with van der Waals surface area (Å²) < 4.78 is 2.10. The molecule has 27 heavy (non-hydrogen) atoms. The maximum absolute atomic E-state index is 11.6. The third-order valence-electron chi connectivity index (χ3n) is 4.65. The Kier molecular flexibility index (Phi) is 4.42. The molecule has 134 valence electrons. The first-order valence-electron chi connectivity index (χ1n) is 8.54. The van der Waals surface area contributed by atoms with Gasteiger partial charge < -0.3 is 9.67 Å². The second kappa shape index (κ2) is 6.89. The number of benzene rings is 2. The standard InChI is InChI=1S/C22H17ClN2O2/c1-25-8-7-16-9-14(10-18(21(16)25)15-5-3-2-4-6-15)11-20-19(22(26)27)12-17(23)13-24-20/h2-10,12-13H,11H2,1H3,(H,26,27). The average molecular weight is 377 g/mol. The van der Waals surface area contributed by atoms with Crippen LogP contribution in [0.15, 0.2) is 67.0 Å². The van der Waals surface area contributed by atoms with Crippen LogP contribution >= 0.6 is 11.6 Å². The molecule has 2 heterocycles. The van der Waals surface area contributed by atoms with Crippen molar-refractivity contribution in [2.24, 2.45) is 7.05 Å². The van der Waals surface area contributed by atoms with Gasteiger partial charge in [-0.25, -0.2) is 4.79 Å². The van der Waals surface area contributed by atoms with Crippen molar-refractivity contribution < 1.29 is 9.90 Å². The molecular weight excluding hydrogens is 360 g/mol. The van der Waals surface area contributed by atoms with Crippen molar-refractivity contribution in [3.63, 3.8) is 0 Å². The largest absolute Gasteiger partial charge is 0.478 e. The number of hydrogen-bond acceptors (Lipinski definition) is 2. The van der Waals surface area contributed by atoms with Gasteiger partial charge in [0.1, 0.15) is 0 Å². The van der Waals surface area contributed by atoms with Crippen LogP contribution in [0, 0.1) is 0 Å². The van der Waals surface area contributed by atoms with E-state index < -0.39 is 5.97 Å². The second-order valence-corrected chi connectivity index (χ2v) is 6.94. The molecule has 0 aliphatic carbocycles. The predicted molar refractivity (Wildman–Crippen MR) is 107 cm³/mol. The van der Waals surface area contributed by atoms with Crippen LogP contribution in [0.1, 0.15) is 21.6 Å². The molecule has 0 unspecified atom stereocenters. The molecule has 4 rings (SSSR count). The average Bonchev–Trinajstić information content (AvgIpc) is 3.04. The maximum atomic E-state index is 11.6. The summed E-state index contributed by atoms with van der Waals surface area (Å²) in [5.74, 6) is -1.02. The highest BCUT2D eigenvalue weighted by Crippen LogP contribution is 2.31. The lowest BCUT2D eigenvalue weighted by Crippen LogP contribution is -2.06. The van der Waals surface area contributed by atoms with Gasteiger partial charge in [-0.05, 0) is 35.4 Å². The van der Waals surface area contributed by atoms with Crippen LogP contribution in [0.25, 0.3) is 22.0 Å². The second-order valence-electron chi connectivity index (χ2n) is 6.50. The fraction of sp³-hybridized carbons (Fsp3) is 0.0909. The quantitative estimate of drug-likeness (QED) is 0.533. The molecule has 0 saturated heterocycles. The highest BCUT2D eigenvalue weighted by molar-refractivity contribution is 6.30. The lowest BCUT2D eigenvalue weighted by atomic mass is 9.97. The Labute approximate surface area is 161 Å². The van der Waals surface area contributed by atoms with E-state index in [1.807, 2.05) is 31.4 Å². The lowest BCUT2D eigenvalue weighted by molar-refractivity contribution is 0.0695. The van der Waals surface area contributed by atoms with Crippen LogP contribution in [-0.2, 0) is 13.5 Å². The highest BCUT2D eigenvalue weighted by atomic mass is 35.5. The van der Waals surface area contributed by atoms with E-state index in [1.165, 1.54) is 12.3 Å². The number of aromatic nitrogens is 2. The fourth-order valence-electron chi connectivity index (χ4n) is 3.43. The lowest BCUT2D eigenvalue weighted by Gasteiger charge is -2.11. The van der Waals surface area contributed by atoms with Crippen molar-refractivity contribution >= 4 is 28.5 Å². The van der Waals surface area contributed by atoms with Gasteiger partial charge in [-0.2, -0.15) is 0 Å². The zero-order valence-corrected chi connectivity index (χ0v) is 15.4. The molecule has 2 aromatic heterocycles. The third kappa shape index (κ3) is 3.32. The fourth-order valence-corrected chi connectivity index (χ4v) is 3.59. The number of nitrogens with zero attached hydrogens (tertiary/aromatic N) is 2. The predicted octanol–water partition coefficient (Wildman–Crippen LogP) is 5.18. The van der Waals surface area contributed by atoms with Gasteiger partial charge in [0.2, 0.25) is 0 Å². The number of hydrogen-bond donors (Lipinski definition) is 1. The summed E-state index contributed by atoms with van der Waals surface area (Å²) in [6, 6.07) is 17.9. The topological polar surface area (TPSA) is 55.1 Å². The summed E-state index contributed by atoms with van der Waals surface area (Å²) in [4.78, 5) is 15.8. The summed E-state index contributed by atoms with van der Waals surface area (Å²) in [6.45, 7) is 0. The molecule has 4 aromatic rings. The van der Waals surface area contributed by atoms with Gasteiger partial charge in [-0.1, -0.05) is 41.9 Å². The molecule has 0 bridgehead atoms. The number of carboxylic acids is 1. The summed E-state index contributed by atoms with van der Waals surface area (Å²) in [5.41, 5.74) is 5.02. The van der Waals surface area contributed by atoms with Crippen molar-refractivity contribution in [1.82, 2.24) is 9.55 Å². The Bertz CT molecular complexity index is 1150. The number of fused-ring (bicyclic) bond motifs is 1. The Morgan fingerprint density at radius 1 is 1.15 bits per heavy atom. The monoisotopic (exact) mass is 376 g/mol. The summed E-state index contributed by atoms with van der Waals surface area (Å²) >= 11 is 5.92. The number of rotatable bonds is 4. The van der Waals surface area contributed by atoms with Crippen LogP contribution in [0.5, 0.6) is 0 Å². The van der Waals surface area contributed by atoms with Gasteiger partial charge in [0.15, 0.2) is 0 Å².